The molecule has 0 atom stereocenters. The highest BCUT2D eigenvalue weighted by Gasteiger charge is 1.99. The van der Waals surface area contributed by atoms with Crippen LogP contribution in [-0.2, 0) is 42.7 Å². The van der Waals surface area contributed by atoms with Gasteiger partial charge in [-0.2, -0.15) is 0 Å². The Kier molecular flexibility index (Phi) is 38.5. The first kappa shape index (κ1) is 42.2. The molecule has 258 valence electrons. The Hall–Kier alpha value is -0.810. The van der Waals surface area contributed by atoms with Crippen molar-refractivity contribution < 1.29 is 42.7 Å². The lowest BCUT2D eigenvalue weighted by atomic mass is 10.0. The maximum atomic E-state index is 10.9. The van der Waals surface area contributed by atoms with Gasteiger partial charge in [-0.1, -0.05) is 103 Å². The lowest BCUT2D eigenvalue weighted by Crippen LogP contribution is -2.14. The van der Waals surface area contributed by atoms with Crippen molar-refractivity contribution in [3.8, 4) is 0 Å². The predicted octanol–water partition coefficient (Wildman–Crippen LogP) is 6.93. The first-order chi connectivity index (χ1) is 21.3. The minimum atomic E-state index is -0.274. The second-order valence-corrected chi connectivity index (χ2v) is 10.9. The largest absolute Gasteiger partial charge is 0.469 e. The Balaban J connectivity index is 3.04. The quantitative estimate of drug-likeness (QED) is 0.0538. The van der Waals surface area contributed by atoms with Gasteiger partial charge >= 0.3 is 5.97 Å². The van der Waals surface area contributed by atoms with E-state index in [1.807, 2.05) is 0 Å². The molecule has 0 amide bonds. The van der Waals surface area contributed by atoms with E-state index in [2.05, 4.69) is 11.7 Å². The average molecular weight is 621 g/mol. The summed E-state index contributed by atoms with van der Waals surface area (Å²) in [4.78, 5) is 10.9. The number of methoxy groups -OCH3 is 1. The van der Waals surface area contributed by atoms with Crippen molar-refractivity contribution in [2.24, 2.45) is 0 Å². The molecule has 0 heterocycles. The molecule has 0 N–H and O–H groups in total. The SMILES string of the molecule is CCCCCCCCCCCCCCCCCCOCCOCCOCCOCCOCCOCCOCCC(=O)OC. The van der Waals surface area contributed by atoms with Crippen LogP contribution in [0.1, 0.15) is 116 Å². The van der Waals surface area contributed by atoms with Gasteiger partial charge in [0.05, 0.1) is 99.4 Å². The summed E-state index contributed by atoms with van der Waals surface area (Å²) in [5.41, 5.74) is 0. The van der Waals surface area contributed by atoms with Gasteiger partial charge in [0.25, 0.3) is 0 Å². The molecule has 0 aromatic rings. The minimum Gasteiger partial charge on any atom is -0.469 e. The summed E-state index contributed by atoms with van der Waals surface area (Å²) in [7, 11) is 1.36. The summed E-state index contributed by atoms with van der Waals surface area (Å²) in [5, 5.41) is 0. The smallest absolute Gasteiger partial charge is 0.307 e. The summed E-state index contributed by atoms with van der Waals surface area (Å²) < 4.78 is 42.8. The van der Waals surface area contributed by atoms with Gasteiger partial charge in [-0.3, -0.25) is 4.79 Å². The molecule has 0 saturated heterocycles. The molecule has 0 aliphatic heterocycles. The molecule has 0 radical (unpaired) electrons. The molecular formula is C34H68O9. The Bertz CT molecular complexity index is 522. The van der Waals surface area contributed by atoms with E-state index in [4.69, 9.17) is 33.2 Å². The van der Waals surface area contributed by atoms with Crippen LogP contribution in [0.25, 0.3) is 0 Å². The Morgan fingerprint density at radius 2 is 0.605 bits per heavy atom. The fraction of sp³-hybridized carbons (Fsp3) is 0.971. The molecular weight excluding hydrogens is 552 g/mol. The maximum absolute atomic E-state index is 10.9. The molecule has 9 nitrogen and oxygen atoms in total. The number of esters is 1. The van der Waals surface area contributed by atoms with Gasteiger partial charge in [0, 0.05) is 6.61 Å². The number of hydrogen-bond acceptors (Lipinski definition) is 9. The van der Waals surface area contributed by atoms with Gasteiger partial charge in [-0.15, -0.1) is 0 Å². The fourth-order valence-corrected chi connectivity index (χ4v) is 4.43. The molecule has 0 aromatic carbocycles. The Morgan fingerprint density at radius 3 is 0.907 bits per heavy atom. The Morgan fingerprint density at radius 1 is 0.349 bits per heavy atom. The molecule has 0 unspecified atom stereocenters. The van der Waals surface area contributed by atoms with Gasteiger partial charge in [-0.25, -0.2) is 0 Å². The Labute approximate surface area is 264 Å². The van der Waals surface area contributed by atoms with E-state index in [1.165, 1.54) is 103 Å². The first-order valence-corrected chi connectivity index (χ1v) is 17.4. The summed E-state index contributed by atoms with van der Waals surface area (Å²) in [6.45, 7) is 9.87. The third-order valence-corrected chi connectivity index (χ3v) is 7.05. The molecule has 0 aliphatic carbocycles. The van der Waals surface area contributed by atoms with E-state index in [0.29, 0.717) is 85.9 Å². The average Bonchev–Trinajstić information content (AvgIpc) is 3.02. The molecule has 0 saturated carbocycles. The summed E-state index contributed by atoms with van der Waals surface area (Å²) >= 11 is 0. The molecule has 0 rings (SSSR count). The van der Waals surface area contributed by atoms with E-state index >= 15 is 0 Å². The summed E-state index contributed by atoms with van der Waals surface area (Å²) in [6, 6.07) is 0. The van der Waals surface area contributed by atoms with E-state index in [9.17, 15) is 4.79 Å². The molecule has 0 aromatic heterocycles. The zero-order chi connectivity index (χ0) is 31.2. The van der Waals surface area contributed by atoms with E-state index in [0.717, 1.165) is 13.0 Å². The number of rotatable bonds is 38. The van der Waals surface area contributed by atoms with Crippen LogP contribution in [0.2, 0.25) is 0 Å². The molecule has 0 aliphatic rings. The predicted molar refractivity (Wildman–Crippen MR) is 172 cm³/mol. The van der Waals surface area contributed by atoms with Crippen molar-refractivity contribution in [2.75, 3.05) is 99.6 Å². The van der Waals surface area contributed by atoms with E-state index < -0.39 is 0 Å². The summed E-state index contributed by atoms with van der Waals surface area (Å²) in [6.07, 6.45) is 22.5. The van der Waals surface area contributed by atoms with Crippen molar-refractivity contribution in [1.29, 1.82) is 0 Å². The highest BCUT2D eigenvalue weighted by atomic mass is 16.6. The number of carbonyl (C=O) groups excluding carboxylic acids is 1. The zero-order valence-electron chi connectivity index (χ0n) is 28.1. The van der Waals surface area contributed by atoms with E-state index in [1.54, 1.807) is 0 Å². The van der Waals surface area contributed by atoms with Gasteiger partial charge in [-0.05, 0) is 6.42 Å². The first-order valence-electron chi connectivity index (χ1n) is 17.4. The van der Waals surface area contributed by atoms with Crippen molar-refractivity contribution >= 4 is 5.97 Å². The molecule has 43 heavy (non-hydrogen) atoms. The number of carbonyl (C=O) groups is 1. The van der Waals surface area contributed by atoms with Crippen molar-refractivity contribution in [2.45, 2.75) is 116 Å². The van der Waals surface area contributed by atoms with Gasteiger partial charge in [0.2, 0.25) is 0 Å². The van der Waals surface area contributed by atoms with Gasteiger partial charge in [0.1, 0.15) is 0 Å². The highest BCUT2D eigenvalue weighted by molar-refractivity contribution is 5.69. The third kappa shape index (κ3) is 39.2. The molecule has 9 heteroatoms. The number of hydrogen-bond donors (Lipinski definition) is 0. The van der Waals surface area contributed by atoms with Crippen LogP contribution < -0.4 is 0 Å². The van der Waals surface area contributed by atoms with E-state index in [-0.39, 0.29) is 12.4 Å². The maximum Gasteiger partial charge on any atom is 0.307 e. The zero-order valence-corrected chi connectivity index (χ0v) is 28.1. The molecule has 0 spiro atoms. The van der Waals surface area contributed by atoms with Crippen LogP contribution in [0.4, 0.5) is 0 Å². The fourth-order valence-electron chi connectivity index (χ4n) is 4.43. The number of ether oxygens (including phenoxy) is 8. The molecule has 0 fully saturated rings. The monoisotopic (exact) mass is 620 g/mol. The number of unbranched alkanes of at least 4 members (excludes halogenated alkanes) is 15. The minimum absolute atomic E-state index is 0.257. The lowest BCUT2D eigenvalue weighted by Gasteiger charge is -2.08. The van der Waals surface area contributed by atoms with Crippen molar-refractivity contribution in [1.82, 2.24) is 0 Å². The van der Waals surface area contributed by atoms with Crippen LogP contribution in [0.15, 0.2) is 0 Å². The van der Waals surface area contributed by atoms with Crippen LogP contribution >= 0.6 is 0 Å². The molecule has 0 bridgehead atoms. The van der Waals surface area contributed by atoms with Gasteiger partial charge in [0.15, 0.2) is 0 Å². The van der Waals surface area contributed by atoms with Crippen molar-refractivity contribution in [3.63, 3.8) is 0 Å². The normalized spacial score (nSPS) is 11.4. The highest BCUT2D eigenvalue weighted by Crippen LogP contribution is 2.13. The van der Waals surface area contributed by atoms with Gasteiger partial charge < -0.3 is 37.9 Å². The second-order valence-electron chi connectivity index (χ2n) is 10.9. The topological polar surface area (TPSA) is 90.9 Å². The van der Waals surface area contributed by atoms with Crippen molar-refractivity contribution in [3.05, 3.63) is 0 Å². The lowest BCUT2D eigenvalue weighted by molar-refractivity contribution is -0.141. The summed E-state index contributed by atoms with van der Waals surface area (Å²) in [5.74, 6) is -0.274. The third-order valence-electron chi connectivity index (χ3n) is 7.05. The van der Waals surface area contributed by atoms with Crippen LogP contribution in [0.3, 0.4) is 0 Å². The standard InChI is InChI=1S/C34H68O9/c1-3-4-5-6-7-8-9-10-11-12-13-14-15-16-17-18-20-37-22-24-39-26-28-41-30-32-43-33-31-42-29-27-40-25-23-38-21-19-34(35)36-2/h3-33H2,1-2H3. The van der Waals surface area contributed by atoms with Crippen LogP contribution in [-0.4, -0.2) is 106 Å². The second kappa shape index (κ2) is 39.2. The van der Waals surface area contributed by atoms with Crippen LogP contribution in [0.5, 0.6) is 0 Å². The van der Waals surface area contributed by atoms with Crippen LogP contribution in [0, 0.1) is 0 Å².